The Kier molecular flexibility index (Phi) is 4.84. The van der Waals surface area contributed by atoms with Crippen molar-refractivity contribution in [2.24, 2.45) is 0 Å². The Morgan fingerprint density at radius 3 is 2.49 bits per heavy atom. The second-order valence-electron chi connectivity index (χ2n) is 8.01. The van der Waals surface area contributed by atoms with Gasteiger partial charge in [0.25, 0.3) is 0 Å². The van der Waals surface area contributed by atoms with Crippen LogP contribution in [-0.4, -0.2) is 24.9 Å². The maximum absolute atomic E-state index is 14.6. The lowest BCUT2D eigenvalue weighted by atomic mass is 9.99. The fourth-order valence-corrected chi connectivity index (χ4v) is 4.12. The molecule has 6 aromatic rings. The van der Waals surface area contributed by atoms with Gasteiger partial charge in [0.15, 0.2) is 5.65 Å². The van der Waals surface area contributed by atoms with Crippen LogP contribution in [0.1, 0.15) is 0 Å². The normalized spacial score (nSPS) is 11.3. The molecule has 0 aliphatic rings. The van der Waals surface area contributed by atoms with Gasteiger partial charge in [-0.15, -0.1) is 0 Å². The summed E-state index contributed by atoms with van der Waals surface area (Å²) in [5, 5.41) is 2.44. The van der Waals surface area contributed by atoms with E-state index in [2.05, 4.69) is 24.9 Å². The zero-order valence-corrected chi connectivity index (χ0v) is 18.2. The number of fused-ring (bicyclic) bond motifs is 2. The molecule has 35 heavy (non-hydrogen) atoms. The minimum atomic E-state index is -0.572. The Hall–Kier alpha value is -4.85. The van der Waals surface area contributed by atoms with E-state index in [1.165, 1.54) is 0 Å². The lowest BCUT2D eigenvalue weighted by Gasteiger charge is -2.12. The fourth-order valence-electron chi connectivity index (χ4n) is 4.12. The molecule has 0 aliphatic heterocycles. The van der Waals surface area contributed by atoms with Crippen molar-refractivity contribution < 1.29 is 8.78 Å². The van der Waals surface area contributed by atoms with Gasteiger partial charge in [-0.1, -0.05) is 0 Å². The summed E-state index contributed by atoms with van der Waals surface area (Å²) in [6, 6.07) is 14.4. The SMILES string of the molecule is Nc1nc(-c2cncc(-c3cc(-c4cc(F)ccc4F)nc4ncccc34)c2)cc2ccncc12. The Morgan fingerprint density at radius 2 is 1.57 bits per heavy atom. The number of benzene rings is 1. The van der Waals surface area contributed by atoms with E-state index in [1.54, 1.807) is 43.1 Å². The van der Waals surface area contributed by atoms with Crippen molar-refractivity contribution >= 4 is 27.6 Å². The van der Waals surface area contributed by atoms with E-state index in [9.17, 15) is 8.78 Å². The molecule has 5 aromatic heterocycles. The minimum Gasteiger partial charge on any atom is -0.383 e. The van der Waals surface area contributed by atoms with E-state index < -0.39 is 11.6 Å². The van der Waals surface area contributed by atoms with Crippen molar-refractivity contribution in [3.05, 3.63) is 97.2 Å². The second-order valence-corrected chi connectivity index (χ2v) is 8.01. The highest BCUT2D eigenvalue weighted by molar-refractivity contribution is 5.96. The smallest absolute Gasteiger partial charge is 0.160 e. The number of nitrogens with zero attached hydrogens (tertiary/aromatic N) is 5. The van der Waals surface area contributed by atoms with Crippen molar-refractivity contribution in [1.29, 1.82) is 0 Å². The van der Waals surface area contributed by atoms with Gasteiger partial charge in [0.1, 0.15) is 17.5 Å². The number of nitrogens with two attached hydrogens (primary N) is 1. The number of hydrogen-bond acceptors (Lipinski definition) is 6. The topological polar surface area (TPSA) is 90.5 Å². The van der Waals surface area contributed by atoms with Crippen LogP contribution in [0, 0.1) is 11.6 Å². The number of rotatable bonds is 3. The largest absolute Gasteiger partial charge is 0.383 e. The zero-order chi connectivity index (χ0) is 23.9. The molecule has 2 N–H and O–H groups in total. The Balaban J connectivity index is 1.55. The maximum atomic E-state index is 14.6. The van der Waals surface area contributed by atoms with Gasteiger partial charge in [0, 0.05) is 58.4 Å². The number of halogens is 2. The standard InChI is InChI=1S/C27H16F2N6/c28-18-3-4-23(29)21(10-18)25-11-20(19-2-1-6-33-27(19)35-25)16-8-17(13-32-12-16)24-9-15-5-7-31-14-22(15)26(30)34-24/h1-14H,(H2,30,34). The van der Waals surface area contributed by atoms with Crippen LogP contribution < -0.4 is 5.73 Å². The van der Waals surface area contributed by atoms with Crippen LogP contribution in [0.4, 0.5) is 14.6 Å². The fraction of sp³-hybridized carbons (Fsp3) is 0. The van der Waals surface area contributed by atoms with Gasteiger partial charge in [0.05, 0.1) is 11.4 Å². The first-order valence-corrected chi connectivity index (χ1v) is 10.7. The third-order valence-corrected chi connectivity index (χ3v) is 5.80. The highest BCUT2D eigenvalue weighted by atomic mass is 19.1. The average molecular weight is 462 g/mol. The first-order valence-electron chi connectivity index (χ1n) is 10.7. The molecule has 0 bridgehead atoms. The van der Waals surface area contributed by atoms with Crippen LogP contribution >= 0.6 is 0 Å². The molecule has 0 spiro atoms. The summed E-state index contributed by atoms with van der Waals surface area (Å²) in [6.45, 7) is 0. The number of pyridine rings is 5. The number of anilines is 1. The third-order valence-electron chi connectivity index (χ3n) is 5.80. The van der Waals surface area contributed by atoms with Crippen molar-refractivity contribution in [1.82, 2.24) is 24.9 Å². The van der Waals surface area contributed by atoms with Gasteiger partial charge in [-0.05, 0) is 65.5 Å². The Morgan fingerprint density at radius 1 is 0.686 bits per heavy atom. The van der Waals surface area contributed by atoms with E-state index in [0.717, 1.165) is 51.0 Å². The summed E-state index contributed by atoms with van der Waals surface area (Å²) in [6.07, 6.45) is 8.39. The van der Waals surface area contributed by atoms with Crippen molar-refractivity contribution in [3.8, 4) is 33.6 Å². The van der Waals surface area contributed by atoms with Crippen LogP contribution in [0.15, 0.2) is 85.6 Å². The monoisotopic (exact) mass is 462 g/mol. The van der Waals surface area contributed by atoms with Gasteiger partial charge >= 0.3 is 0 Å². The molecular formula is C27H16F2N6. The Bertz CT molecular complexity index is 1750. The highest BCUT2D eigenvalue weighted by Crippen LogP contribution is 2.34. The quantitative estimate of drug-likeness (QED) is 0.356. The van der Waals surface area contributed by atoms with Gasteiger partial charge in [0.2, 0.25) is 0 Å². The molecule has 8 heteroatoms. The van der Waals surface area contributed by atoms with Crippen molar-refractivity contribution in [2.75, 3.05) is 5.73 Å². The summed E-state index contributed by atoms with van der Waals surface area (Å²) in [4.78, 5) is 21.9. The van der Waals surface area contributed by atoms with Gasteiger partial charge in [-0.2, -0.15) is 0 Å². The molecule has 0 unspecified atom stereocenters. The molecule has 0 fully saturated rings. The first-order chi connectivity index (χ1) is 17.1. The minimum absolute atomic E-state index is 0.0560. The molecule has 0 radical (unpaired) electrons. The molecular weight excluding hydrogens is 446 g/mol. The van der Waals surface area contributed by atoms with Gasteiger partial charge < -0.3 is 5.73 Å². The molecule has 168 valence electrons. The summed E-state index contributed by atoms with van der Waals surface area (Å²) in [7, 11) is 0. The maximum Gasteiger partial charge on any atom is 0.160 e. The predicted octanol–water partition coefficient (Wildman–Crippen LogP) is 5.83. The molecule has 0 atom stereocenters. The molecule has 0 saturated heterocycles. The molecule has 0 amide bonds. The lowest BCUT2D eigenvalue weighted by molar-refractivity contribution is 0.602. The third kappa shape index (κ3) is 3.71. The molecule has 6 rings (SSSR count). The van der Waals surface area contributed by atoms with E-state index in [4.69, 9.17) is 5.73 Å². The summed E-state index contributed by atoms with van der Waals surface area (Å²) < 4.78 is 28.5. The van der Waals surface area contributed by atoms with E-state index in [1.807, 2.05) is 24.3 Å². The number of aromatic nitrogens is 5. The average Bonchev–Trinajstić information content (AvgIpc) is 2.89. The zero-order valence-electron chi connectivity index (χ0n) is 18.2. The van der Waals surface area contributed by atoms with Crippen LogP contribution in [0.3, 0.4) is 0 Å². The number of hydrogen-bond donors (Lipinski definition) is 1. The van der Waals surface area contributed by atoms with Crippen molar-refractivity contribution in [2.45, 2.75) is 0 Å². The molecule has 0 saturated carbocycles. The summed E-state index contributed by atoms with van der Waals surface area (Å²) in [5.74, 6) is -0.750. The van der Waals surface area contributed by atoms with E-state index in [0.29, 0.717) is 17.2 Å². The van der Waals surface area contributed by atoms with Crippen molar-refractivity contribution in [3.63, 3.8) is 0 Å². The molecule has 5 heterocycles. The molecule has 6 nitrogen and oxygen atoms in total. The summed E-state index contributed by atoms with van der Waals surface area (Å²) >= 11 is 0. The van der Waals surface area contributed by atoms with Gasteiger partial charge in [-0.25, -0.2) is 23.7 Å². The lowest BCUT2D eigenvalue weighted by Crippen LogP contribution is -1.96. The summed E-state index contributed by atoms with van der Waals surface area (Å²) in [5.41, 5.74) is 9.80. The predicted molar refractivity (Wildman–Crippen MR) is 131 cm³/mol. The molecule has 0 aliphatic carbocycles. The molecule has 1 aromatic carbocycles. The Labute approximate surface area is 198 Å². The second kappa shape index (κ2) is 8.18. The van der Waals surface area contributed by atoms with Crippen LogP contribution in [0.5, 0.6) is 0 Å². The number of nitrogen functional groups attached to an aromatic ring is 1. The van der Waals surface area contributed by atoms with Gasteiger partial charge in [-0.3, -0.25) is 9.97 Å². The van der Waals surface area contributed by atoms with Crippen LogP contribution in [-0.2, 0) is 0 Å². The van der Waals surface area contributed by atoms with Crippen LogP contribution in [0.2, 0.25) is 0 Å². The first kappa shape index (κ1) is 20.7. The highest BCUT2D eigenvalue weighted by Gasteiger charge is 2.15. The van der Waals surface area contributed by atoms with E-state index >= 15 is 0 Å². The van der Waals surface area contributed by atoms with Crippen LogP contribution in [0.25, 0.3) is 55.4 Å². The van der Waals surface area contributed by atoms with E-state index in [-0.39, 0.29) is 11.3 Å².